The SMILES string of the molecule is C=CCN(CC(=O)OCC)Cc1sccc1Br. The van der Waals surface area contributed by atoms with Crippen molar-refractivity contribution in [3.05, 3.63) is 33.5 Å². The Balaban J connectivity index is 2.57. The zero-order chi connectivity index (χ0) is 12.7. The fraction of sp³-hybridized carbons (Fsp3) is 0.417. The van der Waals surface area contributed by atoms with Gasteiger partial charge >= 0.3 is 5.97 Å². The first kappa shape index (κ1) is 14.4. The number of rotatable bonds is 7. The molecule has 0 aromatic carbocycles. The summed E-state index contributed by atoms with van der Waals surface area (Å²) < 4.78 is 6.03. The van der Waals surface area contributed by atoms with Crippen LogP contribution in [0.2, 0.25) is 0 Å². The molecule has 0 saturated carbocycles. The van der Waals surface area contributed by atoms with Gasteiger partial charge in [0.2, 0.25) is 0 Å². The van der Waals surface area contributed by atoms with E-state index in [9.17, 15) is 4.79 Å². The molecule has 0 aliphatic carbocycles. The lowest BCUT2D eigenvalue weighted by Gasteiger charge is -2.18. The van der Waals surface area contributed by atoms with Gasteiger partial charge in [-0.25, -0.2) is 0 Å². The molecule has 5 heteroatoms. The van der Waals surface area contributed by atoms with E-state index in [-0.39, 0.29) is 5.97 Å². The van der Waals surface area contributed by atoms with E-state index in [4.69, 9.17) is 4.74 Å². The van der Waals surface area contributed by atoms with Crippen LogP contribution in [0.3, 0.4) is 0 Å². The number of halogens is 1. The van der Waals surface area contributed by atoms with Crippen molar-refractivity contribution in [2.24, 2.45) is 0 Å². The molecule has 17 heavy (non-hydrogen) atoms. The molecule has 0 saturated heterocycles. The van der Waals surface area contributed by atoms with Crippen LogP contribution in [0.25, 0.3) is 0 Å². The largest absolute Gasteiger partial charge is 0.465 e. The summed E-state index contributed by atoms with van der Waals surface area (Å²) in [4.78, 5) is 14.6. The monoisotopic (exact) mass is 317 g/mol. The van der Waals surface area contributed by atoms with Gasteiger partial charge < -0.3 is 4.74 Å². The Kier molecular flexibility index (Phi) is 6.47. The van der Waals surface area contributed by atoms with E-state index in [1.807, 2.05) is 23.3 Å². The van der Waals surface area contributed by atoms with Crippen molar-refractivity contribution < 1.29 is 9.53 Å². The van der Waals surface area contributed by atoms with Crippen molar-refractivity contribution >= 4 is 33.2 Å². The third-order valence-corrected chi connectivity index (χ3v) is 4.01. The molecule has 94 valence electrons. The van der Waals surface area contributed by atoms with Gasteiger partial charge in [0.05, 0.1) is 13.2 Å². The lowest BCUT2D eigenvalue weighted by atomic mass is 10.4. The molecule has 0 atom stereocenters. The van der Waals surface area contributed by atoms with Gasteiger partial charge in [0.15, 0.2) is 0 Å². The van der Waals surface area contributed by atoms with Gasteiger partial charge in [-0.15, -0.1) is 17.9 Å². The van der Waals surface area contributed by atoms with Crippen molar-refractivity contribution in [1.82, 2.24) is 4.90 Å². The van der Waals surface area contributed by atoms with Crippen LogP contribution in [0.15, 0.2) is 28.6 Å². The third kappa shape index (κ3) is 5.02. The highest BCUT2D eigenvalue weighted by molar-refractivity contribution is 9.10. The Bertz CT molecular complexity index is 378. The molecule has 0 amide bonds. The molecule has 1 rings (SSSR count). The second-order valence-corrected chi connectivity index (χ2v) is 5.31. The number of hydrogen-bond acceptors (Lipinski definition) is 4. The molecular weight excluding hydrogens is 302 g/mol. The first-order valence-electron chi connectivity index (χ1n) is 5.38. The summed E-state index contributed by atoms with van der Waals surface area (Å²) in [6, 6.07) is 2.01. The predicted octanol–water partition coefficient (Wildman–Crippen LogP) is 3.06. The first-order chi connectivity index (χ1) is 8.17. The summed E-state index contributed by atoms with van der Waals surface area (Å²) in [5.41, 5.74) is 0. The fourth-order valence-electron chi connectivity index (χ4n) is 1.40. The molecule has 3 nitrogen and oxygen atoms in total. The highest BCUT2D eigenvalue weighted by Gasteiger charge is 2.12. The zero-order valence-corrected chi connectivity index (χ0v) is 12.2. The maximum Gasteiger partial charge on any atom is 0.320 e. The maximum absolute atomic E-state index is 11.4. The van der Waals surface area contributed by atoms with E-state index in [1.54, 1.807) is 17.4 Å². The normalized spacial score (nSPS) is 10.5. The van der Waals surface area contributed by atoms with Crippen LogP contribution in [0, 0.1) is 0 Å². The number of nitrogens with zero attached hydrogens (tertiary/aromatic N) is 1. The summed E-state index contributed by atoms with van der Waals surface area (Å²) in [7, 11) is 0. The molecule has 0 aliphatic heterocycles. The summed E-state index contributed by atoms with van der Waals surface area (Å²) in [5.74, 6) is -0.193. The number of ether oxygens (including phenoxy) is 1. The summed E-state index contributed by atoms with van der Waals surface area (Å²) in [6.45, 7) is 7.63. The number of esters is 1. The smallest absolute Gasteiger partial charge is 0.320 e. The Hall–Kier alpha value is -0.650. The molecule has 1 aromatic heterocycles. The van der Waals surface area contributed by atoms with Gasteiger partial charge in [-0.05, 0) is 34.3 Å². The summed E-state index contributed by atoms with van der Waals surface area (Å²) >= 11 is 5.15. The van der Waals surface area contributed by atoms with Crippen LogP contribution in [-0.4, -0.2) is 30.6 Å². The van der Waals surface area contributed by atoms with Crippen molar-refractivity contribution in [1.29, 1.82) is 0 Å². The van der Waals surface area contributed by atoms with Gasteiger partial charge in [0.25, 0.3) is 0 Å². The highest BCUT2D eigenvalue weighted by atomic mass is 79.9. The van der Waals surface area contributed by atoms with Gasteiger partial charge in [0, 0.05) is 22.4 Å². The molecule has 0 radical (unpaired) electrons. The number of carbonyl (C=O) groups excluding carboxylic acids is 1. The lowest BCUT2D eigenvalue weighted by molar-refractivity contribution is -0.144. The molecule has 0 aliphatic rings. The minimum atomic E-state index is -0.193. The average molecular weight is 318 g/mol. The fourth-order valence-corrected chi connectivity index (χ4v) is 2.92. The average Bonchev–Trinajstić information content (AvgIpc) is 2.65. The van der Waals surface area contributed by atoms with Crippen LogP contribution >= 0.6 is 27.3 Å². The molecule has 0 fully saturated rings. The molecule has 1 heterocycles. The molecule has 0 bridgehead atoms. The Morgan fingerprint density at radius 3 is 3.00 bits per heavy atom. The Labute approximate surface area is 114 Å². The van der Waals surface area contributed by atoms with Crippen molar-refractivity contribution in [2.45, 2.75) is 13.5 Å². The van der Waals surface area contributed by atoms with Crippen LogP contribution < -0.4 is 0 Å². The van der Waals surface area contributed by atoms with E-state index < -0.39 is 0 Å². The highest BCUT2D eigenvalue weighted by Crippen LogP contribution is 2.24. The van der Waals surface area contributed by atoms with E-state index >= 15 is 0 Å². The number of hydrogen-bond donors (Lipinski definition) is 0. The van der Waals surface area contributed by atoms with E-state index in [1.165, 1.54) is 4.88 Å². The Morgan fingerprint density at radius 1 is 1.71 bits per heavy atom. The maximum atomic E-state index is 11.4. The van der Waals surface area contributed by atoms with Gasteiger partial charge in [-0.1, -0.05) is 6.08 Å². The molecule has 0 unspecified atom stereocenters. The van der Waals surface area contributed by atoms with E-state index in [0.717, 1.165) is 11.0 Å². The zero-order valence-electron chi connectivity index (χ0n) is 9.82. The van der Waals surface area contributed by atoms with Crippen molar-refractivity contribution in [3.8, 4) is 0 Å². The minimum Gasteiger partial charge on any atom is -0.465 e. The van der Waals surface area contributed by atoms with Crippen molar-refractivity contribution in [3.63, 3.8) is 0 Å². The molecule has 0 N–H and O–H groups in total. The molecular formula is C12H16BrNO2S. The van der Waals surface area contributed by atoms with Crippen molar-refractivity contribution in [2.75, 3.05) is 19.7 Å². The Morgan fingerprint density at radius 2 is 2.47 bits per heavy atom. The number of thiophene rings is 1. The second kappa shape index (κ2) is 7.63. The van der Waals surface area contributed by atoms with Crippen LogP contribution in [0.5, 0.6) is 0 Å². The lowest BCUT2D eigenvalue weighted by Crippen LogP contribution is -2.30. The van der Waals surface area contributed by atoms with Crippen LogP contribution in [0.4, 0.5) is 0 Å². The summed E-state index contributed by atoms with van der Waals surface area (Å²) in [5, 5.41) is 2.02. The quantitative estimate of drug-likeness (QED) is 0.572. The number of carbonyl (C=O) groups is 1. The van der Waals surface area contributed by atoms with Crippen LogP contribution in [0.1, 0.15) is 11.8 Å². The first-order valence-corrected chi connectivity index (χ1v) is 7.05. The standard InChI is InChI=1S/C12H16BrNO2S/c1-3-6-14(9-12(15)16-4-2)8-11-10(13)5-7-17-11/h3,5,7H,1,4,6,8-9H2,2H3. The van der Waals surface area contributed by atoms with E-state index in [0.29, 0.717) is 19.7 Å². The van der Waals surface area contributed by atoms with Crippen LogP contribution in [-0.2, 0) is 16.1 Å². The van der Waals surface area contributed by atoms with E-state index in [2.05, 4.69) is 22.5 Å². The summed E-state index contributed by atoms with van der Waals surface area (Å²) in [6.07, 6.45) is 1.79. The van der Waals surface area contributed by atoms with Gasteiger partial charge in [-0.2, -0.15) is 0 Å². The second-order valence-electron chi connectivity index (χ2n) is 3.46. The molecule has 1 aromatic rings. The third-order valence-electron chi connectivity index (χ3n) is 2.10. The predicted molar refractivity (Wildman–Crippen MR) is 74.1 cm³/mol. The molecule has 0 spiro atoms. The van der Waals surface area contributed by atoms with Gasteiger partial charge in [-0.3, -0.25) is 9.69 Å². The van der Waals surface area contributed by atoms with Gasteiger partial charge in [0.1, 0.15) is 0 Å². The topological polar surface area (TPSA) is 29.5 Å². The minimum absolute atomic E-state index is 0.193.